The number of aryl methyl sites for hydroxylation is 2. The lowest BCUT2D eigenvalue weighted by molar-refractivity contribution is -0.177. The zero-order valence-corrected chi connectivity index (χ0v) is 50.8. The van der Waals surface area contributed by atoms with Crippen molar-refractivity contribution in [3.8, 4) is 22.9 Å². The van der Waals surface area contributed by atoms with Gasteiger partial charge in [-0.1, -0.05) is 96.6 Å². The number of halogens is 2. The molecule has 77 heavy (non-hydrogen) atoms. The highest BCUT2D eigenvalue weighted by atomic mass is 35.5. The number of hydrogen-bond acceptors (Lipinski definition) is 12. The first-order valence-electron chi connectivity index (χ1n) is 27.1. The minimum atomic E-state index is -0.846. The summed E-state index contributed by atoms with van der Waals surface area (Å²) in [7, 11) is 4.26. The molecule has 0 aliphatic carbocycles. The molecule has 2 aliphatic heterocycles. The van der Waals surface area contributed by atoms with Crippen LogP contribution in [0.15, 0.2) is 60.7 Å². The SMILES string of the molecule is CCCCC(C(=O)OC1CC(C)(C)N(C)C(C)(C)C1)C(=O)OC1CC(C)(C)N(C)C(C)(C)C1.Cc1cc(-n2nc3ccc(Cl)cc3n2)c(O)c(C(C)(C)C)c1.Cc1cc(-n2nc3ccc(Cl)cc3n2)c(O)c(C(C)(C)C)c1. The lowest BCUT2D eigenvalue weighted by Crippen LogP contribution is -2.60. The van der Waals surface area contributed by atoms with Gasteiger partial charge in [0.1, 0.15) is 57.1 Å². The summed E-state index contributed by atoms with van der Waals surface area (Å²) in [6.45, 7) is 35.9. The Morgan fingerprint density at radius 3 is 1.22 bits per heavy atom. The second kappa shape index (κ2) is 22.8. The number of unbranched alkanes of at least 4 members (excludes halogenated alkanes) is 1. The molecule has 2 saturated heterocycles. The van der Waals surface area contributed by atoms with E-state index < -0.39 is 17.9 Å². The maximum absolute atomic E-state index is 13.3. The zero-order chi connectivity index (χ0) is 57.5. The number of piperidine rings is 2. The minimum absolute atomic E-state index is 0.0859. The summed E-state index contributed by atoms with van der Waals surface area (Å²) in [5, 5.41) is 40.3. The molecule has 0 unspecified atom stereocenters. The van der Waals surface area contributed by atoms with Gasteiger partial charge in [-0.3, -0.25) is 19.4 Å². The van der Waals surface area contributed by atoms with Crippen LogP contribution in [0.2, 0.25) is 10.0 Å². The topological polar surface area (TPSA) is 161 Å². The number of aromatic nitrogens is 6. The van der Waals surface area contributed by atoms with Crippen molar-refractivity contribution >= 4 is 57.2 Å². The molecule has 2 aromatic heterocycles. The van der Waals surface area contributed by atoms with Crippen LogP contribution < -0.4 is 0 Å². The Morgan fingerprint density at radius 1 is 0.584 bits per heavy atom. The molecule has 4 aromatic carbocycles. The van der Waals surface area contributed by atoms with Crippen LogP contribution in [0.3, 0.4) is 0 Å². The molecule has 8 rings (SSSR count). The predicted octanol–water partition coefficient (Wildman–Crippen LogP) is 14.0. The van der Waals surface area contributed by atoms with E-state index in [1.165, 1.54) is 9.59 Å². The van der Waals surface area contributed by atoms with Gasteiger partial charge >= 0.3 is 11.9 Å². The van der Waals surface area contributed by atoms with Crippen molar-refractivity contribution in [2.75, 3.05) is 14.1 Å². The van der Waals surface area contributed by atoms with Gasteiger partial charge in [-0.15, -0.1) is 30.0 Å². The van der Waals surface area contributed by atoms with Crippen molar-refractivity contribution in [1.29, 1.82) is 0 Å². The molecule has 16 heteroatoms. The second-order valence-electron chi connectivity index (χ2n) is 26.1. The summed E-state index contributed by atoms with van der Waals surface area (Å²) < 4.78 is 12.0. The average molecular weight is 1100 g/mol. The predicted molar refractivity (Wildman–Crippen MR) is 311 cm³/mol. The van der Waals surface area contributed by atoms with Crippen LogP contribution in [-0.2, 0) is 29.9 Å². The standard InChI is InChI=1S/C27H50N2O4.2C17H18ClN3O/c1-12-13-14-21(22(30)32-19-15-24(2,3)28(10)25(4,5)16-19)23(31)33-20-17-26(6,7)29(11)27(8,9)18-20;2*1-10-7-12(17(2,3)4)16(22)15(8-10)21-19-13-6-5-11(18)9-14(13)20-21/h19-21H,12-18H2,1-11H3;2*5-9,22H,1-4H3. The first-order valence-corrected chi connectivity index (χ1v) is 27.8. The highest BCUT2D eigenvalue weighted by Crippen LogP contribution is 2.42. The number of rotatable bonds is 9. The number of aromatic hydroxyl groups is 2. The molecule has 2 aliphatic rings. The van der Waals surface area contributed by atoms with Crippen LogP contribution in [0.1, 0.15) is 171 Å². The van der Waals surface area contributed by atoms with Gasteiger partial charge in [0, 0.05) is 69.0 Å². The van der Waals surface area contributed by atoms with E-state index >= 15 is 0 Å². The number of ether oxygens (including phenoxy) is 2. The van der Waals surface area contributed by atoms with Crippen molar-refractivity contribution in [2.24, 2.45) is 5.92 Å². The minimum Gasteiger partial charge on any atom is -0.505 e. The number of hydrogen-bond donors (Lipinski definition) is 2. The Morgan fingerprint density at radius 2 is 0.909 bits per heavy atom. The Labute approximate surface area is 467 Å². The highest BCUT2D eigenvalue weighted by Gasteiger charge is 2.47. The molecule has 6 aromatic rings. The average Bonchev–Trinajstić information content (AvgIpc) is 3.92. The highest BCUT2D eigenvalue weighted by molar-refractivity contribution is 6.31. The van der Waals surface area contributed by atoms with E-state index in [1.54, 1.807) is 24.3 Å². The first-order chi connectivity index (χ1) is 35.4. The monoisotopic (exact) mass is 1100 g/mol. The number of phenolic OH excluding ortho intramolecular Hbond substituents is 2. The van der Waals surface area contributed by atoms with Crippen molar-refractivity contribution in [3.63, 3.8) is 0 Å². The van der Waals surface area contributed by atoms with Crippen LogP contribution in [-0.4, -0.2) is 110 Å². The van der Waals surface area contributed by atoms with E-state index in [9.17, 15) is 19.8 Å². The fourth-order valence-corrected chi connectivity index (χ4v) is 11.3. The molecule has 14 nitrogen and oxygen atoms in total. The van der Waals surface area contributed by atoms with E-state index in [4.69, 9.17) is 32.7 Å². The molecule has 420 valence electrons. The molecule has 4 heterocycles. The summed E-state index contributed by atoms with van der Waals surface area (Å²) in [6, 6.07) is 18.5. The quantitative estimate of drug-likeness (QED) is 0.104. The molecule has 0 amide bonds. The van der Waals surface area contributed by atoms with Crippen molar-refractivity contribution in [2.45, 2.75) is 208 Å². The van der Waals surface area contributed by atoms with Crippen molar-refractivity contribution < 1.29 is 29.3 Å². The van der Waals surface area contributed by atoms with Crippen LogP contribution >= 0.6 is 23.2 Å². The maximum atomic E-state index is 13.3. The van der Waals surface area contributed by atoms with E-state index in [1.807, 2.05) is 50.2 Å². The van der Waals surface area contributed by atoms with Gasteiger partial charge in [-0.05, 0) is 160 Å². The zero-order valence-electron chi connectivity index (χ0n) is 49.3. The van der Waals surface area contributed by atoms with Gasteiger partial charge in [0.15, 0.2) is 5.92 Å². The number of phenols is 2. The van der Waals surface area contributed by atoms with Gasteiger partial charge in [0.2, 0.25) is 0 Å². The fourth-order valence-electron chi connectivity index (χ4n) is 10.9. The third kappa shape index (κ3) is 14.3. The number of carbonyl (C=O) groups is 2. The Balaban J connectivity index is 0.000000193. The molecule has 0 spiro atoms. The summed E-state index contributed by atoms with van der Waals surface area (Å²) in [6.07, 6.45) is 4.82. The van der Waals surface area contributed by atoms with Gasteiger partial charge in [-0.2, -0.15) is 0 Å². The molecular formula is C61H86Cl2N8O6. The van der Waals surface area contributed by atoms with Crippen molar-refractivity contribution in [1.82, 2.24) is 39.8 Å². The molecule has 2 N–H and O–H groups in total. The third-order valence-corrected chi connectivity index (χ3v) is 16.2. The van der Waals surface area contributed by atoms with Gasteiger partial charge in [-0.25, -0.2) is 0 Å². The van der Waals surface area contributed by atoms with Gasteiger partial charge in [0.05, 0.1) is 0 Å². The van der Waals surface area contributed by atoms with Crippen molar-refractivity contribution in [3.05, 3.63) is 93.0 Å². The van der Waals surface area contributed by atoms with Gasteiger partial charge in [0.25, 0.3) is 0 Å². The first kappa shape index (κ1) is 60.9. The summed E-state index contributed by atoms with van der Waals surface area (Å²) in [5.41, 5.74) is 7.22. The number of benzene rings is 4. The maximum Gasteiger partial charge on any atom is 0.320 e. The van der Waals surface area contributed by atoms with Crippen LogP contribution in [0.25, 0.3) is 33.4 Å². The second-order valence-corrected chi connectivity index (χ2v) is 27.0. The van der Waals surface area contributed by atoms with E-state index in [-0.39, 0.29) is 56.7 Å². The normalized spacial score (nSPS) is 17.9. The van der Waals surface area contributed by atoms with E-state index in [2.05, 4.69) is 148 Å². The smallest absolute Gasteiger partial charge is 0.320 e. The molecular weight excluding hydrogens is 1010 g/mol. The summed E-state index contributed by atoms with van der Waals surface area (Å²) in [5.74, 6) is -1.25. The van der Waals surface area contributed by atoms with Gasteiger partial charge < -0.3 is 19.7 Å². The molecule has 0 saturated carbocycles. The third-order valence-electron chi connectivity index (χ3n) is 15.7. The Kier molecular flexibility index (Phi) is 18.1. The molecule has 0 bridgehead atoms. The van der Waals surface area contributed by atoms with Crippen LogP contribution in [0.5, 0.6) is 11.5 Å². The number of fused-ring (bicyclic) bond motifs is 2. The number of nitrogens with zero attached hydrogens (tertiary/aromatic N) is 8. The molecule has 0 radical (unpaired) electrons. The largest absolute Gasteiger partial charge is 0.505 e. The number of esters is 2. The van der Waals surface area contributed by atoms with E-state index in [0.29, 0.717) is 38.9 Å². The number of likely N-dealkylation sites (tertiary alicyclic amines) is 2. The fraction of sp³-hybridized carbons (Fsp3) is 0.574. The lowest BCUT2D eigenvalue weighted by atomic mass is 9.78. The van der Waals surface area contributed by atoms with E-state index in [0.717, 1.165) is 71.8 Å². The molecule has 0 atom stereocenters. The number of carbonyl (C=O) groups excluding carboxylic acids is 2. The lowest BCUT2D eigenvalue weighted by Gasteiger charge is -2.53. The Hall–Kier alpha value is -5.28. The Bertz CT molecular complexity index is 2850. The van der Waals surface area contributed by atoms with Crippen LogP contribution in [0, 0.1) is 19.8 Å². The molecule has 2 fully saturated rings. The summed E-state index contributed by atoms with van der Waals surface area (Å²) in [4.78, 5) is 34.2. The van der Waals surface area contributed by atoms with Crippen LogP contribution in [0.4, 0.5) is 0 Å². The summed E-state index contributed by atoms with van der Waals surface area (Å²) >= 11 is 12.0.